The van der Waals surface area contributed by atoms with E-state index in [0.717, 1.165) is 5.56 Å². The van der Waals surface area contributed by atoms with Crippen molar-refractivity contribution < 1.29 is 13.2 Å². The minimum absolute atomic E-state index is 0.216. The number of halogens is 1. The van der Waals surface area contributed by atoms with E-state index in [1.54, 1.807) is 38.1 Å². The number of nitrogens with zero attached hydrogens (tertiary/aromatic N) is 1. The molecule has 1 aliphatic rings. The number of benzene rings is 2. The van der Waals surface area contributed by atoms with E-state index >= 15 is 0 Å². The fourth-order valence-corrected chi connectivity index (χ4v) is 5.68. The standard InChI is InChI=1S/C19H21ClN2O3S/c1-12-10-13(2)18(14(3)11-12)26(24,25)22-9-8-21-19(23)17(22)15-4-6-16(20)7-5-15/h4-7,10-11,17H,8-9H2,1-3H3,(H,21,23). The molecule has 1 fully saturated rings. The Bertz CT molecular complexity index is 932. The van der Waals surface area contributed by atoms with E-state index in [1.165, 1.54) is 4.31 Å². The van der Waals surface area contributed by atoms with Crippen LogP contribution in [0.5, 0.6) is 0 Å². The van der Waals surface area contributed by atoms with Crippen LogP contribution in [0, 0.1) is 20.8 Å². The lowest BCUT2D eigenvalue weighted by Gasteiger charge is -2.35. The largest absolute Gasteiger partial charge is 0.353 e. The summed E-state index contributed by atoms with van der Waals surface area (Å²) in [6, 6.07) is 9.48. The van der Waals surface area contributed by atoms with Crippen molar-refractivity contribution in [3.05, 3.63) is 63.7 Å². The van der Waals surface area contributed by atoms with E-state index in [4.69, 9.17) is 11.6 Å². The Morgan fingerprint density at radius 1 is 1.08 bits per heavy atom. The Morgan fingerprint density at radius 2 is 1.65 bits per heavy atom. The molecule has 5 nitrogen and oxygen atoms in total. The van der Waals surface area contributed by atoms with Crippen LogP contribution in [0.4, 0.5) is 0 Å². The fourth-order valence-electron chi connectivity index (χ4n) is 3.56. The van der Waals surface area contributed by atoms with Crippen LogP contribution in [-0.4, -0.2) is 31.7 Å². The third kappa shape index (κ3) is 3.37. The van der Waals surface area contributed by atoms with Gasteiger partial charge in [-0.2, -0.15) is 4.31 Å². The molecule has 138 valence electrons. The van der Waals surface area contributed by atoms with Crippen molar-refractivity contribution in [3.63, 3.8) is 0 Å². The summed E-state index contributed by atoms with van der Waals surface area (Å²) in [7, 11) is -3.84. The molecule has 1 saturated heterocycles. The molecule has 0 spiro atoms. The van der Waals surface area contributed by atoms with Gasteiger partial charge >= 0.3 is 0 Å². The first-order chi connectivity index (χ1) is 12.2. The second-order valence-electron chi connectivity index (χ2n) is 6.59. The second kappa shape index (κ2) is 7.02. The number of carbonyl (C=O) groups excluding carboxylic acids is 1. The number of piperazine rings is 1. The predicted molar refractivity (Wildman–Crippen MR) is 102 cm³/mol. The highest BCUT2D eigenvalue weighted by molar-refractivity contribution is 7.89. The summed E-state index contributed by atoms with van der Waals surface area (Å²) < 4.78 is 28.2. The molecule has 7 heteroatoms. The van der Waals surface area contributed by atoms with E-state index in [9.17, 15) is 13.2 Å². The van der Waals surface area contributed by atoms with Crippen LogP contribution in [0.15, 0.2) is 41.3 Å². The van der Waals surface area contributed by atoms with Gasteiger partial charge in [0.15, 0.2) is 0 Å². The maximum absolute atomic E-state index is 13.5. The van der Waals surface area contributed by atoms with Crippen LogP contribution < -0.4 is 5.32 Å². The van der Waals surface area contributed by atoms with E-state index in [2.05, 4.69) is 5.32 Å². The molecular formula is C19H21ClN2O3S. The monoisotopic (exact) mass is 392 g/mol. The topological polar surface area (TPSA) is 66.5 Å². The Hall–Kier alpha value is -1.89. The zero-order valence-corrected chi connectivity index (χ0v) is 16.5. The normalized spacial score (nSPS) is 18.6. The molecule has 2 aromatic carbocycles. The van der Waals surface area contributed by atoms with E-state index < -0.39 is 16.1 Å². The summed E-state index contributed by atoms with van der Waals surface area (Å²) >= 11 is 5.93. The van der Waals surface area contributed by atoms with Gasteiger partial charge in [0.05, 0.1) is 4.90 Å². The summed E-state index contributed by atoms with van der Waals surface area (Å²) in [4.78, 5) is 12.8. The van der Waals surface area contributed by atoms with Gasteiger partial charge in [0.25, 0.3) is 0 Å². The summed E-state index contributed by atoms with van der Waals surface area (Å²) in [5.74, 6) is -0.329. The molecule has 1 heterocycles. The second-order valence-corrected chi connectivity index (χ2v) is 8.85. The molecule has 1 atom stereocenters. The van der Waals surface area contributed by atoms with Crippen molar-refractivity contribution in [3.8, 4) is 0 Å². The lowest BCUT2D eigenvalue weighted by Crippen LogP contribution is -2.52. The third-order valence-corrected chi connectivity index (χ3v) is 6.95. The lowest BCUT2D eigenvalue weighted by atomic mass is 10.0. The zero-order valence-electron chi connectivity index (χ0n) is 14.9. The van der Waals surface area contributed by atoms with Gasteiger partial charge in [0.1, 0.15) is 6.04 Å². The van der Waals surface area contributed by atoms with Gasteiger partial charge in [-0.05, 0) is 49.6 Å². The molecular weight excluding hydrogens is 372 g/mol. The molecule has 1 amide bonds. The molecule has 1 N–H and O–H groups in total. The van der Waals surface area contributed by atoms with Crippen molar-refractivity contribution in [1.29, 1.82) is 0 Å². The smallest absolute Gasteiger partial charge is 0.244 e. The van der Waals surface area contributed by atoms with Crippen LogP contribution in [0.25, 0.3) is 0 Å². The SMILES string of the molecule is Cc1cc(C)c(S(=O)(=O)N2CCNC(=O)C2c2ccc(Cl)cc2)c(C)c1. The van der Waals surface area contributed by atoms with Crippen molar-refractivity contribution >= 4 is 27.5 Å². The molecule has 0 aromatic heterocycles. The minimum Gasteiger partial charge on any atom is -0.353 e. The molecule has 0 aliphatic carbocycles. The highest BCUT2D eigenvalue weighted by Gasteiger charge is 2.40. The summed E-state index contributed by atoms with van der Waals surface area (Å²) in [6.07, 6.45) is 0. The fraction of sp³-hybridized carbons (Fsp3) is 0.316. The van der Waals surface area contributed by atoms with Crippen molar-refractivity contribution in [2.75, 3.05) is 13.1 Å². The van der Waals surface area contributed by atoms with Gasteiger partial charge in [-0.25, -0.2) is 8.42 Å². The van der Waals surface area contributed by atoms with Gasteiger partial charge in [0, 0.05) is 18.1 Å². The molecule has 2 aromatic rings. The molecule has 1 unspecified atom stereocenters. The maximum Gasteiger partial charge on any atom is 0.244 e. The number of hydrogen-bond donors (Lipinski definition) is 1. The van der Waals surface area contributed by atoms with Gasteiger partial charge in [0.2, 0.25) is 15.9 Å². The van der Waals surface area contributed by atoms with E-state index in [-0.39, 0.29) is 23.9 Å². The minimum atomic E-state index is -3.84. The lowest BCUT2D eigenvalue weighted by molar-refractivity contribution is -0.126. The number of amides is 1. The molecule has 0 radical (unpaired) electrons. The third-order valence-electron chi connectivity index (χ3n) is 4.52. The van der Waals surface area contributed by atoms with Crippen molar-refractivity contribution in [2.24, 2.45) is 0 Å². The average molecular weight is 393 g/mol. The molecule has 3 rings (SSSR count). The van der Waals surface area contributed by atoms with Crippen LogP contribution in [0.3, 0.4) is 0 Å². The van der Waals surface area contributed by atoms with Crippen molar-refractivity contribution in [1.82, 2.24) is 9.62 Å². The molecule has 0 bridgehead atoms. The maximum atomic E-state index is 13.5. The van der Waals surface area contributed by atoms with Gasteiger partial charge in [-0.15, -0.1) is 0 Å². The van der Waals surface area contributed by atoms with Gasteiger partial charge in [-0.1, -0.05) is 41.4 Å². The van der Waals surface area contributed by atoms with Crippen LogP contribution in [0.2, 0.25) is 5.02 Å². The first kappa shape index (κ1) is 18.9. The number of sulfonamides is 1. The number of nitrogens with one attached hydrogen (secondary N) is 1. The zero-order chi connectivity index (χ0) is 19.1. The highest BCUT2D eigenvalue weighted by Crippen LogP contribution is 2.33. The molecule has 26 heavy (non-hydrogen) atoms. The number of aryl methyl sites for hydroxylation is 3. The average Bonchev–Trinajstić information content (AvgIpc) is 2.54. The number of rotatable bonds is 3. The quantitative estimate of drug-likeness (QED) is 0.872. The van der Waals surface area contributed by atoms with E-state index in [0.29, 0.717) is 21.7 Å². The Balaban J connectivity index is 2.12. The van der Waals surface area contributed by atoms with Crippen LogP contribution >= 0.6 is 11.6 Å². The first-order valence-electron chi connectivity index (χ1n) is 8.34. The van der Waals surface area contributed by atoms with Gasteiger partial charge in [-0.3, -0.25) is 4.79 Å². The van der Waals surface area contributed by atoms with Crippen LogP contribution in [0.1, 0.15) is 28.3 Å². The molecule has 1 aliphatic heterocycles. The predicted octanol–water partition coefficient (Wildman–Crippen LogP) is 3.13. The summed E-state index contributed by atoms with van der Waals surface area (Å²) in [5.41, 5.74) is 2.97. The first-order valence-corrected chi connectivity index (χ1v) is 10.2. The summed E-state index contributed by atoms with van der Waals surface area (Å²) in [5, 5.41) is 3.29. The number of hydrogen-bond acceptors (Lipinski definition) is 3. The van der Waals surface area contributed by atoms with E-state index in [1.807, 2.05) is 19.1 Å². The van der Waals surface area contributed by atoms with Crippen molar-refractivity contribution in [2.45, 2.75) is 31.7 Å². The van der Waals surface area contributed by atoms with Gasteiger partial charge < -0.3 is 5.32 Å². The number of carbonyl (C=O) groups is 1. The Morgan fingerprint density at radius 3 is 2.23 bits per heavy atom. The summed E-state index contributed by atoms with van der Waals surface area (Å²) in [6.45, 7) is 6.00. The Kier molecular flexibility index (Phi) is 5.10. The molecule has 0 saturated carbocycles. The Labute approximate surface area is 159 Å². The van der Waals surface area contributed by atoms with Crippen LogP contribution in [-0.2, 0) is 14.8 Å². The highest BCUT2D eigenvalue weighted by atomic mass is 35.5.